The number of aromatic nitrogens is 2. The van der Waals surface area contributed by atoms with Gasteiger partial charge in [0.05, 0.1) is 17.7 Å². The van der Waals surface area contributed by atoms with Crippen LogP contribution in [0.25, 0.3) is 28.1 Å². The number of amides is 1. The molecule has 0 atom stereocenters. The quantitative estimate of drug-likeness (QED) is 0.409. The van der Waals surface area contributed by atoms with Crippen LogP contribution in [0.3, 0.4) is 0 Å². The molecule has 1 fully saturated rings. The van der Waals surface area contributed by atoms with Gasteiger partial charge in [-0.05, 0) is 30.5 Å². The van der Waals surface area contributed by atoms with Gasteiger partial charge in [-0.15, -0.1) is 11.3 Å². The van der Waals surface area contributed by atoms with Crippen molar-refractivity contribution < 1.29 is 4.79 Å². The molecule has 2 aromatic carbocycles. The Kier molecular flexibility index (Phi) is 6.38. The minimum absolute atomic E-state index is 0.0238. The molecule has 0 saturated carbocycles. The van der Waals surface area contributed by atoms with Gasteiger partial charge in [-0.2, -0.15) is 5.10 Å². The lowest BCUT2D eigenvalue weighted by Gasteiger charge is -2.34. The number of thiophene rings is 1. The molecule has 1 aliphatic heterocycles. The van der Waals surface area contributed by atoms with Crippen molar-refractivity contribution in [1.82, 2.24) is 19.6 Å². The Morgan fingerprint density at radius 2 is 1.71 bits per heavy atom. The highest BCUT2D eigenvalue weighted by molar-refractivity contribution is 7.10. The van der Waals surface area contributed by atoms with E-state index < -0.39 is 0 Å². The van der Waals surface area contributed by atoms with Crippen LogP contribution in [0.5, 0.6) is 0 Å². The summed E-state index contributed by atoms with van der Waals surface area (Å²) < 4.78 is 1.56. The molecule has 6 nitrogen and oxygen atoms in total. The number of hydrogen-bond donors (Lipinski definition) is 0. The van der Waals surface area contributed by atoms with Gasteiger partial charge in [-0.25, -0.2) is 4.68 Å². The highest BCUT2D eigenvalue weighted by Gasteiger charge is 2.21. The summed E-state index contributed by atoms with van der Waals surface area (Å²) in [5.41, 5.74) is 2.88. The number of fused-ring (bicyclic) bond motifs is 1. The molecule has 0 bridgehead atoms. The van der Waals surface area contributed by atoms with Gasteiger partial charge in [0.25, 0.3) is 5.56 Å². The van der Waals surface area contributed by atoms with Crippen molar-refractivity contribution in [3.05, 3.63) is 92.9 Å². The van der Waals surface area contributed by atoms with E-state index >= 15 is 0 Å². The largest absolute Gasteiger partial charge is 0.337 e. The Labute approximate surface area is 202 Å². The van der Waals surface area contributed by atoms with Gasteiger partial charge in [0.15, 0.2) is 0 Å². The number of carbonyl (C=O) groups excluding carboxylic acids is 1. The second-order valence-corrected chi connectivity index (χ2v) is 9.48. The van der Waals surface area contributed by atoms with E-state index in [9.17, 15) is 9.59 Å². The third-order valence-electron chi connectivity index (χ3n) is 6.14. The summed E-state index contributed by atoms with van der Waals surface area (Å²) in [6.07, 6.45) is 3.51. The van der Waals surface area contributed by atoms with Crippen LogP contribution < -0.4 is 5.56 Å². The lowest BCUT2D eigenvalue weighted by Crippen LogP contribution is -2.49. The van der Waals surface area contributed by atoms with E-state index in [2.05, 4.69) is 24.0 Å². The van der Waals surface area contributed by atoms with Gasteiger partial charge in [0.2, 0.25) is 5.91 Å². The van der Waals surface area contributed by atoms with Crippen molar-refractivity contribution in [1.29, 1.82) is 0 Å². The third kappa shape index (κ3) is 4.71. The molecule has 0 unspecified atom stereocenters. The van der Waals surface area contributed by atoms with Gasteiger partial charge in [0.1, 0.15) is 0 Å². The summed E-state index contributed by atoms with van der Waals surface area (Å²) in [5.74, 6) is 0.0238. The highest BCUT2D eigenvalue weighted by atomic mass is 32.1. The van der Waals surface area contributed by atoms with E-state index in [1.165, 1.54) is 5.56 Å². The normalized spacial score (nSPS) is 14.8. The van der Waals surface area contributed by atoms with E-state index in [-0.39, 0.29) is 11.5 Å². The van der Waals surface area contributed by atoms with Crippen LogP contribution in [0, 0.1) is 6.92 Å². The number of hydrogen-bond acceptors (Lipinski definition) is 5. The summed E-state index contributed by atoms with van der Waals surface area (Å²) in [6, 6.07) is 19.8. The number of aryl methyl sites for hydroxylation is 1. The maximum absolute atomic E-state index is 13.2. The van der Waals surface area contributed by atoms with Gasteiger partial charge in [0, 0.05) is 48.1 Å². The van der Waals surface area contributed by atoms with Crippen molar-refractivity contribution in [2.45, 2.75) is 13.6 Å². The molecule has 34 heavy (non-hydrogen) atoms. The van der Waals surface area contributed by atoms with Crippen molar-refractivity contribution in [3.63, 3.8) is 0 Å². The van der Waals surface area contributed by atoms with Crippen molar-refractivity contribution in [2.75, 3.05) is 26.2 Å². The summed E-state index contributed by atoms with van der Waals surface area (Å²) >= 11 is 1.61. The van der Waals surface area contributed by atoms with Crippen LogP contribution in [0.15, 0.2) is 76.9 Å². The van der Waals surface area contributed by atoms with Gasteiger partial charge in [-0.3, -0.25) is 14.5 Å². The van der Waals surface area contributed by atoms with Gasteiger partial charge in [-0.1, -0.05) is 54.1 Å². The zero-order valence-electron chi connectivity index (χ0n) is 19.1. The van der Waals surface area contributed by atoms with Crippen LogP contribution in [-0.2, 0) is 11.5 Å². The fourth-order valence-electron chi connectivity index (χ4n) is 4.20. The number of rotatable bonds is 5. The summed E-state index contributed by atoms with van der Waals surface area (Å²) in [7, 11) is 0. The van der Waals surface area contributed by atoms with Crippen LogP contribution in [0.4, 0.5) is 0 Å². The van der Waals surface area contributed by atoms with Crippen LogP contribution in [0.1, 0.15) is 10.4 Å². The average molecular weight is 471 g/mol. The van der Waals surface area contributed by atoms with E-state index in [1.807, 2.05) is 64.9 Å². The van der Waals surface area contributed by atoms with Crippen LogP contribution in [-0.4, -0.2) is 51.7 Å². The SMILES string of the molecule is Cc1ccc(-c2nn(CN3CCN(C(=O)/C=C/c4cccs4)CC3)c(=O)c3ccccc23)cc1. The topological polar surface area (TPSA) is 58.4 Å². The number of carbonyl (C=O) groups is 1. The van der Waals surface area contributed by atoms with Crippen molar-refractivity contribution in [3.8, 4) is 11.3 Å². The van der Waals surface area contributed by atoms with E-state index in [0.717, 1.165) is 21.5 Å². The minimum Gasteiger partial charge on any atom is -0.337 e. The molecule has 2 aromatic heterocycles. The molecule has 1 amide bonds. The van der Waals surface area contributed by atoms with Crippen LogP contribution in [0.2, 0.25) is 0 Å². The van der Waals surface area contributed by atoms with Crippen molar-refractivity contribution >= 4 is 34.1 Å². The molecule has 1 saturated heterocycles. The predicted octanol–water partition coefficient (Wildman–Crippen LogP) is 4.25. The maximum Gasteiger partial charge on any atom is 0.275 e. The average Bonchev–Trinajstić information content (AvgIpc) is 3.39. The first-order valence-corrected chi connectivity index (χ1v) is 12.3. The van der Waals surface area contributed by atoms with E-state index in [4.69, 9.17) is 5.10 Å². The Hall–Kier alpha value is -3.55. The molecule has 5 rings (SSSR count). The Balaban J connectivity index is 1.33. The molecular weight excluding hydrogens is 444 g/mol. The van der Waals surface area contributed by atoms with E-state index in [0.29, 0.717) is 38.2 Å². The number of piperazine rings is 1. The molecule has 0 spiro atoms. The summed E-state index contributed by atoms with van der Waals surface area (Å²) in [4.78, 5) is 30.9. The first-order chi connectivity index (χ1) is 16.6. The van der Waals surface area contributed by atoms with E-state index in [1.54, 1.807) is 22.1 Å². The molecule has 1 aliphatic rings. The molecule has 7 heteroatoms. The zero-order valence-corrected chi connectivity index (χ0v) is 19.9. The molecule has 3 heterocycles. The lowest BCUT2D eigenvalue weighted by molar-refractivity contribution is -0.127. The fraction of sp³-hybridized carbons (Fsp3) is 0.222. The first-order valence-electron chi connectivity index (χ1n) is 11.4. The summed E-state index contributed by atoms with van der Waals surface area (Å²) in [5, 5.41) is 8.30. The van der Waals surface area contributed by atoms with Crippen LogP contribution >= 0.6 is 11.3 Å². The summed E-state index contributed by atoms with van der Waals surface area (Å²) in [6.45, 7) is 5.09. The molecule has 0 N–H and O–H groups in total. The first kappa shape index (κ1) is 22.3. The minimum atomic E-state index is -0.0937. The van der Waals surface area contributed by atoms with Gasteiger partial charge < -0.3 is 4.90 Å². The smallest absolute Gasteiger partial charge is 0.275 e. The molecule has 0 aliphatic carbocycles. The third-order valence-corrected chi connectivity index (χ3v) is 6.98. The van der Waals surface area contributed by atoms with Crippen molar-refractivity contribution in [2.24, 2.45) is 0 Å². The number of nitrogens with zero attached hydrogens (tertiary/aromatic N) is 4. The lowest BCUT2D eigenvalue weighted by atomic mass is 10.0. The second-order valence-electron chi connectivity index (χ2n) is 8.50. The molecule has 172 valence electrons. The van der Waals surface area contributed by atoms with Gasteiger partial charge >= 0.3 is 0 Å². The second kappa shape index (κ2) is 9.75. The zero-order chi connectivity index (χ0) is 23.5. The monoisotopic (exact) mass is 470 g/mol. The molecule has 4 aromatic rings. The Morgan fingerprint density at radius 1 is 0.971 bits per heavy atom. The number of benzene rings is 2. The maximum atomic E-state index is 13.2. The Morgan fingerprint density at radius 3 is 2.41 bits per heavy atom. The standard InChI is InChI=1S/C27H26N4O2S/c1-20-8-10-21(11-9-20)26-23-6-2-3-7-24(23)27(33)31(28-26)19-29-14-16-30(17-15-29)25(32)13-12-22-5-4-18-34-22/h2-13,18H,14-17,19H2,1H3/b13-12+. The molecular formula is C27H26N4O2S. The Bertz CT molecular complexity index is 1380. The highest BCUT2D eigenvalue weighted by Crippen LogP contribution is 2.25. The molecule has 0 radical (unpaired) electrons. The fourth-order valence-corrected chi connectivity index (χ4v) is 4.82. The predicted molar refractivity (Wildman–Crippen MR) is 138 cm³/mol.